The molecular formula is C53H42F3N5O2Si. The number of fused-ring (bicyclic) bond motifs is 4. The van der Waals surface area contributed by atoms with Crippen molar-refractivity contribution in [3.63, 3.8) is 0 Å². The van der Waals surface area contributed by atoms with Crippen LogP contribution in [0.2, 0.25) is 19.6 Å². The predicted molar refractivity (Wildman–Crippen MR) is 253 cm³/mol. The lowest BCUT2D eigenvalue weighted by Crippen LogP contribution is -2.37. The summed E-state index contributed by atoms with van der Waals surface area (Å²) in [5, 5.41) is 13.6. The van der Waals surface area contributed by atoms with Gasteiger partial charge in [-0.1, -0.05) is 128 Å². The first-order valence-corrected chi connectivity index (χ1v) is 24.5. The van der Waals surface area contributed by atoms with Crippen molar-refractivity contribution in [2.75, 3.05) is 0 Å². The average Bonchev–Trinajstić information content (AvgIpc) is 3.87. The van der Waals surface area contributed by atoms with E-state index in [4.69, 9.17) is 19.4 Å². The van der Waals surface area contributed by atoms with Gasteiger partial charge in [-0.25, -0.2) is 15.0 Å². The molecule has 0 amide bonds. The van der Waals surface area contributed by atoms with Crippen LogP contribution in [0.25, 0.3) is 95.1 Å². The number of alkyl halides is 3. The molecule has 0 aliphatic heterocycles. The molecule has 0 unspecified atom stereocenters. The number of para-hydroxylation sites is 2. The molecule has 4 aromatic heterocycles. The van der Waals surface area contributed by atoms with Gasteiger partial charge in [0, 0.05) is 34.0 Å². The topological polar surface area (TPSA) is 89.9 Å². The van der Waals surface area contributed by atoms with Gasteiger partial charge in [0.05, 0.1) is 24.8 Å². The summed E-state index contributed by atoms with van der Waals surface area (Å²) in [4.78, 5) is 19.6. The first kappa shape index (κ1) is 40.7. The van der Waals surface area contributed by atoms with Crippen LogP contribution >= 0.6 is 0 Å². The van der Waals surface area contributed by atoms with Crippen LogP contribution < -0.4 is 5.19 Å². The highest BCUT2D eigenvalue weighted by Gasteiger charge is 2.51. The summed E-state index contributed by atoms with van der Waals surface area (Å²) in [6.07, 6.45) is -2.84. The van der Waals surface area contributed by atoms with E-state index >= 15 is 0 Å². The Morgan fingerprint density at radius 1 is 0.609 bits per heavy atom. The van der Waals surface area contributed by atoms with Crippen molar-refractivity contribution >= 4 is 46.4 Å². The lowest BCUT2D eigenvalue weighted by molar-refractivity contribution is -0.181. The maximum atomic E-state index is 14.9. The summed E-state index contributed by atoms with van der Waals surface area (Å²) >= 11 is 0. The lowest BCUT2D eigenvalue weighted by atomic mass is 9.87. The second-order valence-corrected chi connectivity index (χ2v) is 22.7. The SMILES string of the molecule is CC(C)(c1nc(-c2ccccc2)nc2c1oc1c(-c3nc4c(-c5cc(-c6cc(-c7ccccc7)ccn6)cc([Si](C)(C)C)c5)cccc4n3-c3ccccc3)c(O)ccc12)C(F)(F)F. The molecule has 316 valence electrons. The quantitative estimate of drug-likeness (QED) is 0.153. The van der Waals surface area contributed by atoms with E-state index in [2.05, 4.69) is 61.0 Å². The third-order valence-corrected chi connectivity index (χ3v) is 14.0. The Morgan fingerprint density at radius 2 is 1.28 bits per heavy atom. The van der Waals surface area contributed by atoms with Crippen LogP contribution in [0.4, 0.5) is 13.2 Å². The van der Waals surface area contributed by atoms with Gasteiger partial charge < -0.3 is 9.52 Å². The largest absolute Gasteiger partial charge is 0.507 e. The average molecular weight is 866 g/mol. The summed E-state index contributed by atoms with van der Waals surface area (Å²) in [5.41, 5.74) is 6.19. The summed E-state index contributed by atoms with van der Waals surface area (Å²) in [6, 6.07) is 48.7. The van der Waals surface area contributed by atoms with Crippen LogP contribution in [0.5, 0.6) is 5.75 Å². The number of hydrogen-bond acceptors (Lipinski definition) is 6. The molecule has 0 aliphatic rings. The van der Waals surface area contributed by atoms with Gasteiger partial charge in [-0.3, -0.25) is 9.55 Å². The van der Waals surface area contributed by atoms with Gasteiger partial charge in [0.15, 0.2) is 22.8 Å². The van der Waals surface area contributed by atoms with Crippen LogP contribution in [0.1, 0.15) is 19.5 Å². The third-order valence-electron chi connectivity index (χ3n) is 12.0. The van der Waals surface area contributed by atoms with Crippen molar-refractivity contribution in [2.24, 2.45) is 0 Å². The Bertz CT molecular complexity index is 3400. The fourth-order valence-electron chi connectivity index (χ4n) is 8.29. The standard InChI is InChI=1S/C53H42F3N5O2Si/c1-52(2,53(54,55)56)49-48-46(58-50(60-49)33-18-11-7-12-19-33)40-24-25-43(62)44(47(40)63-48)51-59-45-39(22-15-23-42(45)61(51)37-20-13-8-14-21-37)35-28-36(30-38(29-35)64(3,4)5)41-31-34(26-27-57-41)32-16-9-6-10-17-32/h6-31,62H,1-5H3. The summed E-state index contributed by atoms with van der Waals surface area (Å²) < 4.78 is 53.3. The lowest BCUT2D eigenvalue weighted by Gasteiger charge is -2.27. The summed E-state index contributed by atoms with van der Waals surface area (Å²) in [6.45, 7) is 9.13. The van der Waals surface area contributed by atoms with Crippen molar-refractivity contribution in [3.8, 4) is 67.7 Å². The number of benzene rings is 6. The molecule has 0 saturated heterocycles. The van der Waals surface area contributed by atoms with E-state index < -0.39 is 19.7 Å². The predicted octanol–water partition coefficient (Wildman–Crippen LogP) is 13.5. The number of nitrogens with zero attached hydrogens (tertiary/aromatic N) is 5. The van der Waals surface area contributed by atoms with Gasteiger partial charge in [0.25, 0.3) is 0 Å². The number of phenolic OH excluding ortho intramolecular Hbond substituents is 1. The van der Waals surface area contributed by atoms with Crippen LogP contribution in [0.3, 0.4) is 0 Å². The zero-order chi connectivity index (χ0) is 44.5. The Kier molecular flexibility index (Phi) is 9.64. The third kappa shape index (κ3) is 6.92. The molecule has 64 heavy (non-hydrogen) atoms. The molecule has 0 atom stereocenters. The molecule has 0 aliphatic carbocycles. The molecule has 10 aromatic rings. The minimum absolute atomic E-state index is 0.118. The van der Waals surface area contributed by atoms with Gasteiger partial charge in [-0.15, -0.1) is 0 Å². The molecule has 0 saturated carbocycles. The van der Waals surface area contributed by atoms with Crippen molar-refractivity contribution in [1.82, 2.24) is 24.5 Å². The second kappa shape index (κ2) is 15.2. The molecule has 10 rings (SSSR count). The molecule has 0 fully saturated rings. The zero-order valence-electron chi connectivity index (χ0n) is 35.7. The molecule has 6 aromatic carbocycles. The van der Waals surface area contributed by atoms with Crippen molar-refractivity contribution in [3.05, 3.63) is 164 Å². The minimum atomic E-state index is -4.68. The fraction of sp³-hybridized carbons (Fsp3) is 0.132. The normalized spacial score (nSPS) is 12.4. The fourth-order valence-corrected chi connectivity index (χ4v) is 9.46. The molecule has 7 nitrogen and oxygen atoms in total. The number of halogens is 3. The number of furan rings is 1. The van der Waals surface area contributed by atoms with Crippen LogP contribution in [-0.4, -0.2) is 43.9 Å². The van der Waals surface area contributed by atoms with Gasteiger partial charge >= 0.3 is 6.18 Å². The first-order valence-electron chi connectivity index (χ1n) is 21.0. The molecular weight excluding hydrogens is 824 g/mol. The highest BCUT2D eigenvalue weighted by atomic mass is 28.3. The van der Waals surface area contributed by atoms with Gasteiger partial charge in [-0.2, -0.15) is 13.2 Å². The molecule has 11 heteroatoms. The Hall–Kier alpha value is -7.37. The second-order valence-electron chi connectivity index (χ2n) is 17.6. The summed E-state index contributed by atoms with van der Waals surface area (Å²) in [5.74, 6) is 0.296. The van der Waals surface area contributed by atoms with Gasteiger partial charge in [0.1, 0.15) is 27.9 Å². The zero-order valence-corrected chi connectivity index (χ0v) is 36.7. The maximum absolute atomic E-state index is 14.9. The number of rotatable bonds is 8. The Morgan fingerprint density at radius 3 is 1.97 bits per heavy atom. The van der Waals surface area contributed by atoms with Crippen molar-refractivity contribution in [2.45, 2.75) is 45.1 Å². The monoisotopic (exact) mass is 865 g/mol. The van der Waals surface area contributed by atoms with E-state index in [0.717, 1.165) is 58.6 Å². The first-order chi connectivity index (χ1) is 30.7. The van der Waals surface area contributed by atoms with E-state index in [1.54, 1.807) is 30.3 Å². The van der Waals surface area contributed by atoms with E-state index in [0.29, 0.717) is 22.3 Å². The van der Waals surface area contributed by atoms with E-state index in [1.807, 2.05) is 89.6 Å². The van der Waals surface area contributed by atoms with E-state index in [-0.39, 0.29) is 39.5 Å². The van der Waals surface area contributed by atoms with Gasteiger partial charge in [-0.05, 0) is 79.1 Å². The molecule has 0 bridgehead atoms. The number of aromatic nitrogens is 5. The van der Waals surface area contributed by atoms with Crippen LogP contribution in [-0.2, 0) is 5.41 Å². The highest BCUT2D eigenvalue weighted by molar-refractivity contribution is 6.88. The number of phenols is 1. The molecule has 4 heterocycles. The van der Waals surface area contributed by atoms with Crippen molar-refractivity contribution < 1.29 is 22.7 Å². The Balaban J connectivity index is 1.24. The number of aromatic hydroxyl groups is 1. The van der Waals surface area contributed by atoms with Gasteiger partial charge in [0.2, 0.25) is 0 Å². The molecule has 1 N–H and O–H groups in total. The number of pyridine rings is 1. The smallest absolute Gasteiger partial charge is 0.399 e. The maximum Gasteiger partial charge on any atom is 0.399 e. The number of hydrogen-bond donors (Lipinski definition) is 1. The highest BCUT2D eigenvalue weighted by Crippen LogP contribution is 2.48. The number of imidazole rings is 1. The van der Waals surface area contributed by atoms with Crippen LogP contribution in [0.15, 0.2) is 162 Å². The van der Waals surface area contributed by atoms with E-state index in [9.17, 15) is 18.3 Å². The Labute approximate surface area is 368 Å². The molecule has 0 radical (unpaired) electrons. The van der Waals surface area contributed by atoms with E-state index in [1.165, 1.54) is 11.3 Å². The summed E-state index contributed by atoms with van der Waals surface area (Å²) in [7, 11) is -1.91. The van der Waals surface area contributed by atoms with Crippen molar-refractivity contribution in [1.29, 1.82) is 0 Å². The molecule has 0 spiro atoms. The van der Waals surface area contributed by atoms with Crippen LogP contribution in [0, 0.1) is 0 Å². The minimum Gasteiger partial charge on any atom is -0.507 e.